The Bertz CT molecular complexity index is 892. The molecule has 0 spiro atoms. The summed E-state index contributed by atoms with van der Waals surface area (Å²) >= 11 is 1.31. The normalized spacial score (nSPS) is 10.6. The molecule has 8 nitrogen and oxygen atoms in total. The Morgan fingerprint density at radius 1 is 1.15 bits per heavy atom. The van der Waals surface area contributed by atoms with E-state index in [0.29, 0.717) is 22.3 Å². The average molecular weight is 373 g/mol. The Hall–Kier alpha value is -2.94. The second-order valence-electron chi connectivity index (χ2n) is 5.31. The van der Waals surface area contributed by atoms with Gasteiger partial charge in [0.05, 0.1) is 20.0 Å². The number of aromatic nitrogens is 4. The van der Waals surface area contributed by atoms with E-state index in [9.17, 15) is 4.79 Å². The van der Waals surface area contributed by atoms with Crippen LogP contribution in [0.3, 0.4) is 0 Å². The summed E-state index contributed by atoms with van der Waals surface area (Å²) in [7, 11) is 3.12. The maximum Gasteiger partial charge on any atom is 0.234 e. The molecule has 0 aliphatic heterocycles. The maximum atomic E-state index is 12.3. The quantitative estimate of drug-likeness (QED) is 0.641. The summed E-state index contributed by atoms with van der Waals surface area (Å²) in [5.41, 5.74) is 0.635. The first-order valence-electron chi connectivity index (χ1n) is 7.82. The molecule has 0 unspecified atom stereocenters. The number of hydrogen-bond donors (Lipinski definition) is 1. The van der Waals surface area contributed by atoms with Crippen molar-refractivity contribution < 1.29 is 14.3 Å². The number of amides is 1. The van der Waals surface area contributed by atoms with Gasteiger partial charge in [0.1, 0.15) is 0 Å². The number of benzene rings is 1. The lowest BCUT2D eigenvalue weighted by molar-refractivity contribution is -0.113. The first-order chi connectivity index (χ1) is 12.6. The van der Waals surface area contributed by atoms with Gasteiger partial charge in [0.15, 0.2) is 17.3 Å². The zero-order valence-electron chi connectivity index (χ0n) is 14.7. The number of nitrogens with zero attached hydrogens (tertiary/aromatic N) is 4. The molecule has 1 N–H and O–H groups in total. The number of rotatable bonds is 7. The van der Waals surface area contributed by atoms with E-state index in [1.165, 1.54) is 11.8 Å². The van der Waals surface area contributed by atoms with Gasteiger partial charge in [-0.05, 0) is 31.2 Å². The van der Waals surface area contributed by atoms with Gasteiger partial charge in [0.25, 0.3) is 0 Å². The highest BCUT2D eigenvalue weighted by Crippen LogP contribution is 2.29. The van der Waals surface area contributed by atoms with E-state index in [2.05, 4.69) is 15.5 Å². The molecular formula is C17H19N5O3S. The Morgan fingerprint density at radius 2 is 1.88 bits per heavy atom. The Morgan fingerprint density at radius 3 is 2.58 bits per heavy atom. The number of aryl methyl sites for hydroxylation is 1. The van der Waals surface area contributed by atoms with E-state index in [1.807, 2.05) is 40.8 Å². The van der Waals surface area contributed by atoms with Gasteiger partial charge in [0, 0.05) is 24.1 Å². The van der Waals surface area contributed by atoms with Crippen LogP contribution in [0.5, 0.6) is 11.5 Å². The monoisotopic (exact) mass is 373 g/mol. The molecule has 9 heteroatoms. The smallest absolute Gasteiger partial charge is 0.234 e. The van der Waals surface area contributed by atoms with Crippen LogP contribution in [-0.4, -0.2) is 45.4 Å². The Balaban J connectivity index is 1.65. The average Bonchev–Trinajstić information content (AvgIpc) is 3.29. The molecule has 0 fully saturated rings. The van der Waals surface area contributed by atoms with Crippen LogP contribution in [0.15, 0.2) is 47.9 Å². The van der Waals surface area contributed by atoms with Crippen LogP contribution in [0.4, 0.5) is 5.69 Å². The van der Waals surface area contributed by atoms with E-state index < -0.39 is 0 Å². The van der Waals surface area contributed by atoms with E-state index in [0.717, 1.165) is 5.82 Å². The summed E-state index contributed by atoms with van der Waals surface area (Å²) in [6.45, 7) is 1.86. The van der Waals surface area contributed by atoms with Crippen molar-refractivity contribution in [2.24, 2.45) is 0 Å². The first-order valence-corrected chi connectivity index (χ1v) is 8.81. The van der Waals surface area contributed by atoms with Crippen molar-refractivity contribution in [3.63, 3.8) is 0 Å². The number of nitrogens with one attached hydrogen (secondary N) is 1. The highest BCUT2D eigenvalue weighted by molar-refractivity contribution is 7.99. The topological polar surface area (TPSA) is 83.2 Å². The summed E-state index contributed by atoms with van der Waals surface area (Å²) < 4.78 is 14.1. The predicted molar refractivity (Wildman–Crippen MR) is 98.9 cm³/mol. The molecule has 0 saturated carbocycles. The largest absolute Gasteiger partial charge is 0.493 e. The fourth-order valence-electron chi connectivity index (χ4n) is 2.39. The summed E-state index contributed by atoms with van der Waals surface area (Å²) in [6.07, 6.45) is 3.79. The molecule has 0 radical (unpaired) electrons. The minimum absolute atomic E-state index is 0.151. The first kappa shape index (κ1) is 17.9. The third-order valence-corrected chi connectivity index (χ3v) is 4.51. The molecule has 0 bridgehead atoms. The number of methoxy groups -OCH3 is 2. The van der Waals surface area contributed by atoms with Crippen molar-refractivity contribution in [3.8, 4) is 11.5 Å². The van der Waals surface area contributed by atoms with Crippen molar-refractivity contribution in [1.29, 1.82) is 0 Å². The van der Waals surface area contributed by atoms with Crippen LogP contribution >= 0.6 is 11.8 Å². The molecule has 136 valence electrons. The van der Waals surface area contributed by atoms with Crippen LogP contribution in [-0.2, 0) is 4.79 Å². The molecule has 0 saturated heterocycles. The van der Waals surface area contributed by atoms with Gasteiger partial charge >= 0.3 is 0 Å². The molecule has 0 atom stereocenters. The molecular weight excluding hydrogens is 354 g/mol. The summed E-state index contributed by atoms with van der Waals surface area (Å²) in [6, 6.07) is 9.05. The molecule has 1 aromatic carbocycles. The molecule has 0 aliphatic rings. The van der Waals surface area contributed by atoms with Gasteiger partial charge in [-0.3, -0.25) is 9.47 Å². The molecule has 0 aliphatic carbocycles. The second kappa shape index (κ2) is 7.96. The second-order valence-corrected chi connectivity index (χ2v) is 6.25. The highest BCUT2D eigenvalue weighted by atomic mass is 32.2. The molecule has 26 heavy (non-hydrogen) atoms. The van der Waals surface area contributed by atoms with Crippen molar-refractivity contribution in [2.45, 2.75) is 12.1 Å². The van der Waals surface area contributed by atoms with Crippen molar-refractivity contribution in [3.05, 3.63) is 48.5 Å². The fraction of sp³-hybridized carbons (Fsp3) is 0.235. The minimum Gasteiger partial charge on any atom is -0.493 e. The lowest BCUT2D eigenvalue weighted by Crippen LogP contribution is -2.16. The van der Waals surface area contributed by atoms with Gasteiger partial charge in [-0.25, -0.2) is 4.68 Å². The van der Waals surface area contributed by atoms with Gasteiger partial charge in [-0.1, -0.05) is 11.8 Å². The van der Waals surface area contributed by atoms with E-state index in [1.54, 1.807) is 32.4 Å². The number of ether oxygens (including phenoxy) is 2. The zero-order valence-corrected chi connectivity index (χ0v) is 15.5. The van der Waals surface area contributed by atoms with Crippen molar-refractivity contribution >= 4 is 23.4 Å². The predicted octanol–water partition coefficient (Wildman–Crippen LogP) is 2.45. The highest BCUT2D eigenvalue weighted by Gasteiger charge is 2.13. The van der Waals surface area contributed by atoms with Gasteiger partial charge in [-0.15, -0.1) is 10.2 Å². The molecule has 2 heterocycles. The minimum atomic E-state index is -0.151. The van der Waals surface area contributed by atoms with E-state index >= 15 is 0 Å². The van der Waals surface area contributed by atoms with Crippen LogP contribution in [0.1, 0.15) is 5.82 Å². The van der Waals surface area contributed by atoms with Gasteiger partial charge < -0.3 is 14.8 Å². The summed E-state index contributed by atoms with van der Waals surface area (Å²) in [5.74, 6) is 1.95. The van der Waals surface area contributed by atoms with E-state index in [4.69, 9.17) is 9.47 Å². The van der Waals surface area contributed by atoms with Crippen molar-refractivity contribution in [1.82, 2.24) is 19.5 Å². The fourth-order valence-corrected chi connectivity index (χ4v) is 3.17. The standard InChI is InChI=1S/C17H19N5O3S/c1-12-19-20-17(22(12)21-8-4-5-9-21)26-11-16(23)18-13-6-7-14(24-2)15(10-13)25-3/h4-10H,11H2,1-3H3,(H,18,23). The van der Waals surface area contributed by atoms with Crippen LogP contribution < -0.4 is 14.8 Å². The van der Waals surface area contributed by atoms with Gasteiger partial charge in [-0.2, -0.15) is 0 Å². The SMILES string of the molecule is COc1ccc(NC(=O)CSc2nnc(C)n2-n2cccc2)cc1OC. The Kier molecular flexibility index (Phi) is 5.47. The van der Waals surface area contributed by atoms with Crippen LogP contribution in [0, 0.1) is 6.92 Å². The number of thioether (sulfide) groups is 1. The third-order valence-electron chi connectivity index (χ3n) is 3.59. The molecule has 1 amide bonds. The summed E-state index contributed by atoms with van der Waals surface area (Å²) in [4.78, 5) is 12.3. The lowest BCUT2D eigenvalue weighted by Gasteiger charge is -2.11. The third kappa shape index (κ3) is 3.83. The number of carbonyl (C=O) groups is 1. The Labute approximate surface area is 155 Å². The molecule has 2 aromatic heterocycles. The molecule has 3 rings (SSSR count). The maximum absolute atomic E-state index is 12.3. The zero-order chi connectivity index (χ0) is 18.5. The number of anilines is 1. The number of carbonyl (C=O) groups excluding carboxylic acids is 1. The van der Waals surface area contributed by atoms with Crippen LogP contribution in [0.25, 0.3) is 0 Å². The van der Waals surface area contributed by atoms with Gasteiger partial charge in [0.2, 0.25) is 11.1 Å². The molecule has 3 aromatic rings. The van der Waals surface area contributed by atoms with Crippen molar-refractivity contribution in [2.75, 3.05) is 25.3 Å². The summed E-state index contributed by atoms with van der Waals surface area (Å²) in [5, 5.41) is 11.7. The van der Waals surface area contributed by atoms with E-state index in [-0.39, 0.29) is 11.7 Å². The lowest BCUT2D eigenvalue weighted by atomic mass is 10.2. The number of hydrogen-bond acceptors (Lipinski definition) is 6. The van der Waals surface area contributed by atoms with Crippen LogP contribution in [0.2, 0.25) is 0 Å².